The topological polar surface area (TPSA) is 112 Å². The quantitative estimate of drug-likeness (QED) is 0.369. The second kappa shape index (κ2) is 8.80. The fourth-order valence-electron chi connectivity index (χ4n) is 3.66. The zero-order chi connectivity index (χ0) is 24.6. The van der Waals surface area contributed by atoms with Crippen molar-refractivity contribution in [3.8, 4) is 17.4 Å². The fraction of sp³-hybridized carbons (Fsp3) is 0.120. The Balaban J connectivity index is 1.35. The molecule has 0 aliphatic rings. The van der Waals surface area contributed by atoms with Crippen molar-refractivity contribution in [2.45, 2.75) is 25.7 Å². The summed E-state index contributed by atoms with van der Waals surface area (Å²) in [6.07, 6.45) is 2.99. The summed E-state index contributed by atoms with van der Waals surface area (Å²) < 4.78 is 36.2. The Labute approximate surface area is 202 Å². The van der Waals surface area contributed by atoms with Gasteiger partial charge in [-0.25, -0.2) is 23.1 Å². The third kappa shape index (κ3) is 4.43. The molecule has 0 saturated carbocycles. The van der Waals surface area contributed by atoms with Gasteiger partial charge in [-0.15, -0.1) is 0 Å². The number of nitrogens with one attached hydrogen (secondary N) is 1. The van der Waals surface area contributed by atoms with E-state index in [2.05, 4.69) is 24.8 Å². The van der Waals surface area contributed by atoms with Gasteiger partial charge in [0, 0.05) is 29.0 Å². The number of sulfonamides is 1. The van der Waals surface area contributed by atoms with Crippen LogP contribution in [0.25, 0.3) is 16.7 Å². The van der Waals surface area contributed by atoms with Crippen molar-refractivity contribution < 1.29 is 13.2 Å². The van der Waals surface area contributed by atoms with E-state index in [4.69, 9.17) is 4.74 Å². The Kier molecular flexibility index (Phi) is 5.65. The number of rotatable bonds is 6. The lowest BCUT2D eigenvalue weighted by Crippen LogP contribution is -2.13. The normalized spacial score (nSPS) is 11.5. The first-order chi connectivity index (χ1) is 16.8. The van der Waals surface area contributed by atoms with Gasteiger partial charge >= 0.3 is 0 Å². The average Bonchev–Trinajstić information content (AvgIpc) is 3.12. The van der Waals surface area contributed by atoms with Crippen molar-refractivity contribution in [1.82, 2.24) is 24.7 Å². The third-order valence-corrected chi connectivity index (χ3v) is 7.12. The summed E-state index contributed by atoms with van der Waals surface area (Å²) in [7, 11) is -3.84. The average molecular weight is 487 g/mol. The van der Waals surface area contributed by atoms with E-state index in [0.717, 1.165) is 22.3 Å². The molecule has 0 saturated heterocycles. The van der Waals surface area contributed by atoms with Gasteiger partial charge in [-0.1, -0.05) is 18.2 Å². The molecule has 0 fully saturated rings. The first kappa shape index (κ1) is 22.5. The van der Waals surface area contributed by atoms with E-state index in [1.54, 1.807) is 53.3 Å². The molecule has 3 aromatic heterocycles. The van der Waals surface area contributed by atoms with Crippen LogP contribution in [0.2, 0.25) is 0 Å². The van der Waals surface area contributed by atoms with Gasteiger partial charge in [0.1, 0.15) is 17.0 Å². The maximum atomic E-state index is 13.0. The molecule has 0 aliphatic heterocycles. The smallest absolute Gasteiger partial charge is 0.264 e. The van der Waals surface area contributed by atoms with Crippen LogP contribution in [0.1, 0.15) is 17.0 Å². The molecule has 35 heavy (non-hydrogen) atoms. The zero-order valence-corrected chi connectivity index (χ0v) is 20.1. The van der Waals surface area contributed by atoms with Crippen LogP contribution in [0.15, 0.2) is 78.1 Å². The molecule has 5 rings (SSSR count). The van der Waals surface area contributed by atoms with Crippen LogP contribution in [-0.2, 0) is 10.0 Å². The highest BCUT2D eigenvalue weighted by Gasteiger charge is 2.18. The van der Waals surface area contributed by atoms with Crippen LogP contribution in [0, 0.1) is 20.8 Å². The first-order valence-corrected chi connectivity index (χ1v) is 12.3. The Bertz CT molecular complexity index is 1640. The molecule has 0 atom stereocenters. The molecule has 1 N–H and O–H groups in total. The van der Waals surface area contributed by atoms with Crippen molar-refractivity contribution in [1.29, 1.82) is 0 Å². The maximum absolute atomic E-state index is 13.0. The lowest BCUT2D eigenvalue weighted by molar-refractivity contribution is 0.460. The van der Waals surface area contributed by atoms with Gasteiger partial charge < -0.3 is 4.74 Å². The summed E-state index contributed by atoms with van der Waals surface area (Å²) in [6.45, 7) is 5.94. The number of ether oxygens (including phenoxy) is 1. The van der Waals surface area contributed by atoms with Gasteiger partial charge in [-0.05, 0) is 62.7 Å². The molecule has 0 bridgehead atoms. The van der Waals surface area contributed by atoms with Crippen molar-refractivity contribution in [3.05, 3.63) is 90.1 Å². The van der Waals surface area contributed by atoms with E-state index in [9.17, 15) is 8.42 Å². The predicted molar refractivity (Wildman–Crippen MR) is 132 cm³/mol. The standard InChI is InChI=1S/C25H22N6O3S/c1-16-17(2)29-31(18(16)3)23-14-24(28-15-27-23)34-21-11-9-20(10-12-21)30-35(32,33)22-8-4-6-19-7-5-13-26-25(19)22/h4-15,30H,1-3H3. The molecule has 0 aliphatic carbocycles. The molecule has 0 amide bonds. The summed E-state index contributed by atoms with van der Waals surface area (Å²) in [5, 5.41) is 5.27. The first-order valence-electron chi connectivity index (χ1n) is 10.8. The largest absolute Gasteiger partial charge is 0.439 e. The van der Waals surface area contributed by atoms with E-state index in [-0.39, 0.29) is 4.90 Å². The number of anilines is 1. The van der Waals surface area contributed by atoms with Gasteiger partial charge in [0.25, 0.3) is 10.0 Å². The number of fused-ring (bicyclic) bond motifs is 1. The van der Waals surface area contributed by atoms with Gasteiger partial charge in [0.15, 0.2) is 5.82 Å². The van der Waals surface area contributed by atoms with Crippen molar-refractivity contribution in [3.63, 3.8) is 0 Å². The molecule has 0 spiro atoms. The van der Waals surface area contributed by atoms with E-state index in [1.807, 2.05) is 32.9 Å². The molecular weight excluding hydrogens is 464 g/mol. The summed E-state index contributed by atoms with van der Waals surface area (Å²) in [6, 6.07) is 16.9. The number of pyridine rings is 1. The van der Waals surface area contributed by atoms with E-state index in [0.29, 0.717) is 28.7 Å². The van der Waals surface area contributed by atoms with Gasteiger partial charge in [0.05, 0.1) is 11.2 Å². The Morgan fingerprint density at radius 2 is 1.69 bits per heavy atom. The van der Waals surface area contributed by atoms with Crippen LogP contribution in [0.4, 0.5) is 5.69 Å². The molecule has 5 aromatic rings. The van der Waals surface area contributed by atoms with E-state index >= 15 is 0 Å². The summed E-state index contributed by atoms with van der Waals surface area (Å²) >= 11 is 0. The van der Waals surface area contributed by atoms with Crippen LogP contribution in [-0.4, -0.2) is 33.2 Å². The zero-order valence-electron chi connectivity index (χ0n) is 19.3. The fourth-order valence-corrected chi connectivity index (χ4v) is 4.90. The highest BCUT2D eigenvalue weighted by molar-refractivity contribution is 7.93. The maximum Gasteiger partial charge on any atom is 0.264 e. The lowest BCUT2D eigenvalue weighted by atomic mass is 10.2. The summed E-state index contributed by atoms with van der Waals surface area (Å²) in [5.74, 6) is 1.43. The highest BCUT2D eigenvalue weighted by atomic mass is 32.2. The SMILES string of the molecule is Cc1nn(-c2cc(Oc3ccc(NS(=O)(=O)c4cccc5cccnc45)cc3)ncn2)c(C)c1C. The van der Waals surface area contributed by atoms with Crippen LogP contribution >= 0.6 is 0 Å². The van der Waals surface area contributed by atoms with Gasteiger partial charge in [-0.2, -0.15) is 5.10 Å². The molecule has 2 aromatic carbocycles. The number of aromatic nitrogens is 5. The van der Waals surface area contributed by atoms with Crippen molar-refractivity contribution >= 4 is 26.6 Å². The summed E-state index contributed by atoms with van der Waals surface area (Å²) in [4.78, 5) is 12.8. The van der Waals surface area contributed by atoms with E-state index < -0.39 is 10.0 Å². The number of hydrogen-bond donors (Lipinski definition) is 1. The minimum atomic E-state index is -3.84. The molecule has 10 heteroatoms. The molecular formula is C25H22N6O3S. The van der Waals surface area contributed by atoms with Gasteiger partial charge in [-0.3, -0.25) is 9.71 Å². The Hall–Kier alpha value is -4.31. The number of para-hydroxylation sites is 1. The summed E-state index contributed by atoms with van der Waals surface area (Å²) in [5.41, 5.74) is 3.83. The molecule has 0 unspecified atom stereocenters. The number of benzene rings is 2. The minimum absolute atomic E-state index is 0.115. The Morgan fingerprint density at radius 1 is 0.914 bits per heavy atom. The number of nitrogens with zero attached hydrogens (tertiary/aromatic N) is 5. The van der Waals surface area contributed by atoms with Crippen molar-refractivity contribution in [2.75, 3.05) is 4.72 Å². The molecule has 3 heterocycles. The molecule has 9 nitrogen and oxygen atoms in total. The van der Waals surface area contributed by atoms with Crippen LogP contribution < -0.4 is 9.46 Å². The second-order valence-corrected chi connectivity index (χ2v) is 9.64. The number of hydrogen-bond acceptors (Lipinski definition) is 7. The third-order valence-electron chi connectivity index (χ3n) is 5.71. The van der Waals surface area contributed by atoms with E-state index in [1.165, 1.54) is 12.4 Å². The molecule has 0 radical (unpaired) electrons. The molecule has 176 valence electrons. The predicted octanol–water partition coefficient (Wildman–Crippen LogP) is 4.73. The second-order valence-electron chi connectivity index (χ2n) is 7.99. The minimum Gasteiger partial charge on any atom is -0.439 e. The number of aryl methyl sites for hydroxylation is 1. The highest BCUT2D eigenvalue weighted by Crippen LogP contribution is 2.26. The lowest BCUT2D eigenvalue weighted by Gasteiger charge is -2.11. The van der Waals surface area contributed by atoms with Crippen LogP contribution in [0.3, 0.4) is 0 Å². The Morgan fingerprint density at radius 3 is 2.43 bits per heavy atom. The monoisotopic (exact) mass is 486 g/mol. The van der Waals surface area contributed by atoms with Crippen LogP contribution in [0.5, 0.6) is 11.6 Å². The van der Waals surface area contributed by atoms with Crippen molar-refractivity contribution in [2.24, 2.45) is 0 Å². The van der Waals surface area contributed by atoms with Gasteiger partial charge in [0.2, 0.25) is 5.88 Å².